The molecule has 8 nitrogen and oxygen atoms in total. The molecule has 264 valence electrons. The van der Waals surface area contributed by atoms with Crippen LogP contribution in [-0.4, -0.2) is 64.8 Å². The second kappa shape index (κ2) is 18.2. The van der Waals surface area contributed by atoms with Gasteiger partial charge in [-0.15, -0.1) is 0 Å². The second-order valence-corrected chi connectivity index (χ2v) is 20.6. The molecule has 1 heterocycles. The number of hydrogen-bond donors (Lipinski definition) is 0. The molecule has 3 aromatic rings. The van der Waals surface area contributed by atoms with E-state index in [9.17, 15) is 4.57 Å². The summed E-state index contributed by atoms with van der Waals surface area (Å²) in [6, 6.07) is 30.2. The van der Waals surface area contributed by atoms with E-state index in [4.69, 9.17) is 32.4 Å². The fourth-order valence-electron chi connectivity index (χ4n) is 5.48. The molecular weight excluding hydrogens is 643 g/mol. The van der Waals surface area contributed by atoms with Crippen molar-refractivity contribution in [1.82, 2.24) is 0 Å². The highest BCUT2D eigenvalue weighted by molar-refractivity contribution is 7.53. The highest BCUT2D eigenvalue weighted by Crippen LogP contribution is 2.51. The van der Waals surface area contributed by atoms with Gasteiger partial charge in [0.2, 0.25) is 0 Å². The Labute approximate surface area is 289 Å². The van der Waals surface area contributed by atoms with Gasteiger partial charge in [0.25, 0.3) is 0 Å². The molecule has 0 saturated carbocycles. The summed E-state index contributed by atoms with van der Waals surface area (Å²) in [4.78, 5) is 0. The van der Waals surface area contributed by atoms with E-state index in [0.717, 1.165) is 16.7 Å². The zero-order valence-corrected chi connectivity index (χ0v) is 31.6. The van der Waals surface area contributed by atoms with Gasteiger partial charge in [-0.25, -0.2) is 0 Å². The molecule has 0 radical (unpaired) electrons. The molecule has 1 fully saturated rings. The fraction of sp³-hybridized carbons (Fsp3) is 0.526. The van der Waals surface area contributed by atoms with Crippen LogP contribution in [0.1, 0.15) is 51.3 Å². The Hall–Kier alpha value is -2.17. The Kier molecular flexibility index (Phi) is 14.6. The Bertz CT molecular complexity index is 1380. The molecule has 0 aromatic heterocycles. The summed E-state index contributed by atoms with van der Waals surface area (Å²) in [5, 5.41) is -0.110. The minimum atomic E-state index is -3.54. The second-order valence-electron chi connectivity index (χ2n) is 13.7. The first-order chi connectivity index (χ1) is 22.9. The number of rotatable bonds is 18. The van der Waals surface area contributed by atoms with E-state index < -0.39 is 46.4 Å². The molecule has 0 aliphatic carbocycles. The maximum Gasteiger partial charge on any atom is 0.333 e. The molecule has 48 heavy (non-hydrogen) atoms. The van der Waals surface area contributed by atoms with Crippen molar-refractivity contribution in [2.24, 2.45) is 0 Å². The quantitative estimate of drug-likeness (QED) is 0.0964. The maximum atomic E-state index is 14.1. The summed E-state index contributed by atoms with van der Waals surface area (Å²) in [5.74, 6) is 0. The maximum absolute atomic E-state index is 14.1. The molecule has 4 rings (SSSR count). The number of hydrogen-bond acceptors (Lipinski definition) is 8. The van der Waals surface area contributed by atoms with Crippen LogP contribution in [0.15, 0.2) is 91.0 Å². The standard InChI is InChI=1S/C38H55O8PSi/c1-8-43-47(39,44-9-2)29-34-36(46-48(6,7)38(3,4)5)37(42-27-32-23-17-12-18-24-32)35(41-26-31-21-15-11-16-22-31)33(45-34)28-40-25-30-19-13-10-14-20-30/h10-24,33-37H,8-9,25-29H2,1-7H3/t33-,34-,35-,36+,37+/m1/s1. The predicted octanol–water partition coefficient (Wildman–Crippen LogP) is 8.80. The molecule has 0 bridgehead atoms. The van der Waals surface area contributed by atoms with Crippen LogP contribution in [0.3, 0.4) is 0 Å². The minimum absolute atomic E-state index is 0.0136. The van der Waals surface area contributed by atoms with Crippen LogP contribution in [0.2, 0.25) is 18.1 Å². The van der Waals surface area contributed by atoms with Crippen molar-refractivity contribution in [3.63, 3.8) is 0 Å². The van der Waals surface area contributed by atoms with Crippen molar-refractivity contribution in [3.8, 4) is 0 Å². The Morgan fingerprint density at radius 1 is 0.667 bits per heavy atom. The van der Waals surface area contributed by atoms with Crippen LogP contribution in [-0.2, 0) is 56.8 Å². The molecular formula is C38H55O8PSi. The van der Waals surface area contributed by atoms with Crippen LogP contribution in [0.25, 0.3) is 0 Å². The first-order valence-electron chi connectivity index (χ1n) is 17.1. The summed E-state index contributed by atoms with van der Waals surface area (Å²) < 4.78 is 59.7. The lowest BCUT2D eigenvalue weighted by atomic mass is 9.95. The third-order valence-corrected chi connectivity index (χ3v) is 15.6. The third kappa shape index (κ3) is 11.2. The van der Waals surface area contributed by atoms with E-state index in [0.29, 0.717) is 19.8 Å². The largest absolute Gasteiger partial charge is 0.408 e. The minimum Gasteiger partial charge on any atom is -0.408 e. The first kappa shape index (κ1) is 38.6. The van der Waals surface area contributed by atoms with E-state index in [1.807, 2.05) is 105 Å². The van der Waals surface area contributed by atoms with Gasteiger partial charge in [-0.1, -0.05) is 112 Å². The zero-order chi connectivity index (χ0) is 34.6. The fourth-order valence-corrected chi connectivity index (χ4v) is 8.61. The SMILES string of the molecule is CCOP(=O)(C[C@H]1O[C@H](COCc2ccccc2)[C@@H](OCc2ccccc2)[C@H](OCc2ccccc2)[C@H]1O[Si](C)(C)C(C)(C)C)OCC. The van der Waals surface area contributed by atoms with Gasteiger partial charge < -0.3 is 32.4 Å². The number of benzene rings is 3. The van der Waals surface area contributed by atoms with Crippen LogP contribution in [0.4, 0.5) is 0 Å². The summed E-state index contributed by atoms with van der Waals surface area (Å²) in [6.07, 6.45) is -2.97. The summed E-state index contributed by atoms with van der Waals surface area (Å²) in [6.45, 7) is 16.5. The van der Waals surface area contributed by atoms with Gasteiger partial charge in [0.05, 0.1) is 51.9 Å². The van der Waals surface area contributed by atoms with Crippen molar-refractivity contribution in [1.29, 1.82) is 0 Å². The van der Waals surface area contributed by atoms with Gasteiger partial charge in [0, 0.05) is 0 Å². The Balaban J connectivity index is 1.75. The summed E-state index contributed by atoms with van der Waals surface area (Å²) in [7, 11) is -5.97. The average molecular weight is 699 g/mol. The molecule has 1 aliphatic rings. The van der Waals surface area contributed by atoms with Crippen molar-refractivity contribution in [2.45, 2.75) is 103 Å². The average Bonchev–Trinajstić information content (AvgIpc) is 3.05. The van der Waals surface area contributed by atoms with Crippen LogP contribution >= 0.6 is 7.60 Å². The smallest absolute Gasteiger partial charge is 0.333 e. The zero-order valence-electron chi connectivity index (χ0n) is 29.7. The molecule has 5 atom stereocenters. The van der Waals surface area contributed by atoms with Crippen molar-refractivity contribution >= 4 is 15.9 Å². The van der Waals surface area contributed by atoms with Gasteiger partial charge in [-0.3, -0.25) is 4.57 Å². The van der Waals surface area contributed by atoms with E-state index >= 15 is 0 Å². The molecule has 3 aromatic carbocycles. The van der Waals surface area contributed by atoms with Crippen molar-refractivity contribution in [3.05, 3.63) is 108 Å². The van der Waals surface area contributed by atoms with Crippen LogP contribution in [0.5, 0.6) is 0 Å². The lowest BCUT2D eigenvalue weighted by Gasteiger charge is -2.50. The number of ether oxygens (including phenoxy) is 4. The van der Waals surface area contributed by atoms with Gasteiger partial charge in [0.15, 0.2) is 8.32 Å². The molecule has 0 N–H and O–H groups in total. The Morgan fingerprint density at radius 2 is 1.12 bits per heavy atom. The highest BCUT2D eigenvalue weighted by Gasteiger charge is 2.53. The molecule has 10 heteroatoms. The molecule has 0 spiro atoms. The van der Waals surface area contributed by atoms with Crippen LogP contribution < -0.4 is 0 Å². The van der Waals surface area contributed by atoms with Gasteiger partial charge in [0.1, 0.15) is 24.4 Å². The van der Waals surface area contributed by atoms with E-state index in [1.54, 1.807) is 0 Å². The third-order valence-electron chi connectivity index (χ3n) is 8.99. The first-order valence-corrected chi connectivity index (χ1v) is 21.7. The lowest BCUT2D eigenvalue weighted by Crippen LogP contribution is -2.64. The van der Waals surface area contributed by atoms with Crippen molar-refractivity contribution < 1.29 is 37.0 Å². The highest BCUT2D eigenvalue weighted by atomic mass is 31.2. The van der Waals surface area contributed by atoms with Crippen LogP contribution in [0, 0.1) is 0 Å². The molecule has 1 aliphatic heterocycles. The molecule has 0 unspecified atom stereocenters. The summed E-state index contributed by atoms with van der Waals surface area (Å²) >= 11 is 0. The topological polar surface area (TPSA) is 81.7 Å². The van der Waals surface area contributed by atoms with Gasteiger partial charge in [-0.2, -0.15) is 0 Å². The van der Waals surface area contributed by atoms with Crippen molar-refractivity contribution in [2.75, 3.05) is 26.0 Å². The lowest BCUT2D eigenvalue weighted by molar-refractivity contribution is -0.253. The van der Waals surface area contributed by atoms with Gasteiger partial charge >= 0.3 is 7.60 Å². The molecule has 1 saturated heterocycles. The van der Waals surface area contributed by atoms with E-state index in [2.05, 4.69) is 33.9 Å². The van der Waals surface area contributed by atoms with E-state index in [1.165, 1.54) is 0 Å². The van der Waals surface area contributed by atoms with Gasteiger partial charge in [-0.05, 0) is 48.7 Å². The monoisotopic (exact) mass is 698 g/mol. The normalized spacial score (nSPS) is 22.1. The predicted molar refractivity (Wildman–Crippen MR) is 193 cm³/mol. The Morgan fingerprint density at radius 3 is 1.58 bits per heavy atom. The molecule has 0 amide bonds. The summed E-state index contributed by atoms with van der Waals surface area (Å²) in [5.41, 5.74) is 3.11. The van der Waals surface area contributed by atoms with E-state index in [-0.39, 0.29) is 31.0 Å².